The highest BCUT2D eigenvalue weighted by molar-refractivity contribution is 7.99. The molecule has 0 fully saturated rings. The Morgan fingerprint density at radius 2 is 1.89 bits per heavy atom. The highest BCUT2D eigenvalue weighted by atomic mass is 32.2. The number of esters is 1. The molecule has 0 aliphatic rings. The number of alkyl halides is 3. The van der Waals surface area contributed by atoms with E-state index in [1.165, 1.54) is 19.1 Å². The molecule has 2 rings (SSSR count). The number of thioether (sulfide) groups is 1. The van der Waals surface area contributed by atoms with E-state index < -0.39 is 29.5 Å². The summed E-state index contributed by atoms with van der Waals surface area (Å²) in [7, 11) is 1.15. The molecule has 0 aliphatic carbocycles. The number of ether oxygens (including phenoxy) is 1. The van der Waals surface area contributed by atoms with Crippen LogP contribution < -0.4 is 5.32 Å². The van der Waals surface area contributed by atoms with E-state index in [0.29, 0.717) is 22.9 Å². The number of halogens is 5. The number of anilines is 1. The average molecular weight is 405 g/mol. The van der Waals surface area contributed by atoms with Crippen LogP contribution in [-0.4, -0.2) is 25.0 Å². The fourth-order valence-electron chi connectivity index (χ4n) is 2.30. The molecular formula is C18H16F5NO2S. The molecule has 3 nitrogen and oxygen atoms in total. The van der Waals surface area contributed by atoms with E-state index in [1.54, 1.807) is 0 Å². The number of nitrogens with one attached hydrogen (secondary N) is 1. The molecule has 0 spiro atoms. The third kappa shape index (κ3) is 5.85. The van der Waals surface area contributed by atoms with Gasteiger partial charge in [0.15, 0.2) is 0 Å². The van der Waals surface area contributed by atoms with Crippen molar-refractivity contribution in [3.8, 4) is 0 Å². The van der Waals surface area contributed by atoms with Crippen LogP contribution in [0.25, 0.3) is 0 Å². The highest BCUT2D eigenvalue weighted by Crippen LogP contribution is 2.32. The average Bonchev–Trinajstić information content (AvgIpc) is 2.59. The first-order valence-corrected chi connectivity index (χ1v) is 8.69. The molecule has 0 atom stereocenters. The minimum atomic E-state index is -4.34. The number of hydrogen-bond acceptors (Lipinski definition) is 4. The van der Waals surface area contributed by atoms with Crippen molar-refractivity contribution in [3.05, 3.63) is 58.7 Å². The van der Waals surface area contributed by atoms with Gasteiger partial charge in [0.2, 0.25) is 0 Å². The second-order valence-electron chi connectivity index (χ2n) is 5.65. The van der Waals surface area contributed by atoms with Crippen molar-refractivity contribution in [2.75, 3.05) is 18.2 Å². The van der Waals surface area contributed by atoms with Crippen LogP contribution in [-0.2, 0) is 11.3 Å². The number of carbonyl (C=O) groups is 1. The van der Waals surface area contributed by atoms with Gasteiger partial charge in [-0.2, -0.15) is 13.2 Å². The van der Waals surface area contributed by atoms with E-state index in [4.69, 9.17) is 0 Å². The van der Waals surface area contributed by atoms with Crippen LogP contribution in [0.15, 0.2) is 35.2 Å². The van der Waals surface area contributed by atoms with E-state index in [9.17, 15) is 26.7 Å². The van der Waals surface area contributed by atoms with Gasteiger partial charge < -0.3 is 10.1 Å². The molecule has 27 heavy (non-hydrogen) atoms. The van der Waals surface area contributed by atoms with Crippen molar-refractivity contribution in [2.24, 2.45) is 0 Å². The summed E-state index contributed by atoms with van der Waals surface area (Å²) >= 11 is 0.557. The maximum absolute atomic E-state index is 14.2. The van der Waals surface area contributed by atoms with Crippen LogP contribution in [0.5, 0.6) is 0 Å². The fraction of sp³-hybridized carbons (Fsp3) is 0.278. The Labute approximate surface area is 156 Å². The molecule has 0 saturated heterocycles. The predicted octanol–water partition coefficient (Wildman–Crippen LogP) is 5.33. The summed E-state index contributed by atoms with van der Waals surface area (Å²) in [5.41, 5.74) is 0.687. The lowest BCUT2D eigenvalue weighted by Gasteiger charge is -2.14. The van der Waals surface area contributed by atoms with Crippen LogP contribution in [0.1, 0.15) is 21.5 Å². The zero-order valence-electron chi connectivity index (χ0n) is 14.4. The monoisotopic (exact) mass is 405 g/mol. The van der Waals surface area contributed by atoms with Gasteiger partial charge >= 0.3 is 12.1 Å². The maximum atomic E-state index is 14.2. The lowest BCUT2D eigenvalue weighted by atomic mass is 10.1. The van der Waals surface area contributed by atoms with Crippen molar-refractivity contribution in [1.29, 1.82) is 0 Å². The Morgan fingerprint density at radius 1 is 1.19 bits per heavy atom. The topological polar surface area (TPSA) is 38.3 Å². The van der Waals surface area contributed by atoms with Crippen molar-refractivity contribution < 1.29 is 31.5 Å². The molecule has 146 valence electrons. The van der Waals surface area contributed by atoms with E-state index in [1.807, 2.05) is 0 Å². The SMILES string of the molecule is COC(=O)c1cc(F)ccc1CNc1cc(SCC(F)(F)F)c(C)cc1F. The predicted molar refractivity (Wildman–Crippen MR) is 93.0 cm³/mol. The Hall–Kier alpha value is -2.29. The van der Waals surface area contributed by atoms with E-state index in [0.717, 1.165) is 25.3 Å². The van der Waals surface area contributed by atoms with E-state index >= 15 is 0 Å². The second kappa shape index (κ2) is 8.60. The molecule has 0 radical (unpaired) electrons. The normalized spacial score (nSPS) is 11.4. The molecule has 1 N–H and O–H groups in total. The molecule has 0 bridgehead atoms. The van der Waals surface area contributed by atoms with Crippen molar-refractivity contribution in [2.45, 2.75) is 24.5 Å². The maximum Gasteiger partial charge on any atom is 0.398 e. The van der Waals surface area contributed by atoms with Crippen molar-refractivity contribution in [3.63, 3.8) is 0 Å². The van der Waals surface area contributed by atoms with Gasteiger partial charge in [-0.25, -0.2) is 13.6 Å². The largest absolute Gasteiger partial charge is 0.465 e. The Kier molecular flexibility index (Phi) is 6.69. The summed E-state index contributed by atoms with van der Waals surface area (Å²) in [6, 6.07) is 5.90. The summed E-state index contributed by atoms with van der Waals surface area (Å²) in [5, 5.41) is 2.73. The van der Waals surface area contributed by atoms with Gasteiger partial charge in [0, 0.05) is 11.4 Å². The Balaban J connectivity index is 2.22. The summed E-state index contributed by atoms with van der Waals surface area (Å²) < 4.78 is 69.4. The van der Waals surface area contributed by atoms with Crippen LogP contribution in [0.2, 0.25) is 0 Å². The standard InChI is InChI=1S/C18H16F5NO2S/c1-10-5-14(20)15(7-16(10)27-9-18(21,22)23)24-8-11-3-4-12(19)6-13(11)17(25)26-2/h3-7,24H,8-9H2,1-2H3. The zero-order valence-corrected chi connectivity index (χ0v) is 15.2. The van der Waals surface area contributed by atoms with Gasteiger partial charge in [-0.15, -0.1) is 11.8 Å². The van der Waals surface area contributed by atoms with Crippen LogP contribution in [0.4, 0.5) is 27.6 Å². The minimum Gasteiger partial charge on any atom is -0.465 e. The molecular weight excluding hydrogens is 389 g/mol. The third-order valence-corrected chi connectivity index (χ3v) is 4.82. The number of rotatable bonds is 6. The summed E-state index contributed by atoms with van der Waals surface area (Å²) in [4.78, 5) is 12.0. The van der Waals surface area contributed by atoms with E-state index in [2.05, 4.69) is 10.1 Å². The number of methoxy groups -OCH3 is 1. The molecule has 0 saturated carbocycles. The van der Waals surface area contributed by atoms with Crippen LogP contribution >= 0.6 is 11.8 Å². The molecule has 0 aromatic heterocycles. The molecule has 2 aromatic rings. The highest BCUT2D eigenvalue weighted by Gasteiger charge is 2.27. The molecule has 9 heteroatoms. The lowest BCUT2D eigenvalue weighted by molar-refractivity contribution is -0.105. The second-order valence-corrected chi connectivity index (χ2v) is 6.67. The number of benzene rings is 2. The molecule has 0 amide bonds. The number of hydrogen-bond donors (Lipinski definition) is 1. The lowest BCUT2D eigenvalue weighted by Crippen LogP contribution is -2.11. The third-order valence-electron chi connectivity index (χ3n) is 3.60. The van der Waals surface area contributed by atoms with Gasteiger partial charge in [-0.3, -0.25) is 0 Å². The summed E-state index contributed by atoms with van der Waals surface area (Å²) in [6.45, 7) is 1.47. The smallest absolute Gasteiger partial charge is 0.398 e. The van der Waals surface area contributed by atoms with Gasteiger partial charge in [-0.1, -0.05) is 6.07 Å². The van der Waals surface area contributed by atoms with Crippen molar-refractivity contribution in [1.82, 2.24) is 0 Å². The first-order chi connectivity index (χ1) is 12.6. The molecule has 0 heterocycles. The Bertz CT molecular complexity index is 839. The van der Waals surface area contributed by atoms with Crippen molar-refractivity contribution >= 4 is 23.4 Å². The zero-order chi connectivity index (χ0) is 20.2. The quantitative estimate of drug-likeness (QED) is 0.401. The number of carbonyl (C=O) groups excluding carboxylic acids is 1. The van der Waals surface area contributed by atoms with Gasteiger partial charge in [0.05, 0.1) is 24.1 Å². The summed E-state index contributed by atoms with van der Waals surface area (Å²) in [6.07, 6.45) is -4.34. The first kappa shape index (κ1) is 21.0. The molecule has 0 aliphatic heterocycles. The molecule has 2 aromatic carbocycles. The van der Waals surface area contributed by atoms with Gasteiger partial charge in [0.1, 0.15) is 11.6 Å². The van der Waals surface area contributed by atoms with Crippen LogP contribution in [0.3, 0.4) is 0 Å². The van der Waals surface area contributed by atoms with Crippen LogP contribution in [0, 0.1) is 18.6 Å². The minimum absolute atomic E-state index is 0.0228. The first-order valence-electron chi connectivity index (χ1n) is 7.71. The van der Waals surface area contributed by atoms with E-state index in [-0.39, 0.29) is 22.7 Å². The van der Waals surface area contributed by atoms with Gasteiger partial charge in [-0.05, 0) is 42.3 Å². The summed E-state index contributed by atoms with van der Waals surface area (Å²) in [5.74, 6) is -3.13. The molecule has 0 unspecified atom stereocenters. The van der Waals surface area contributed by atoms with Gasteiger partial charge in [0.25, 0.3) is 0 Å². The Morgan fingerprint density at radius 3 is 2.52 bits per heavy atom. The fourth-order valence-corrected chi connectivity index (χ4v) is 3.10. The number of aryl methyl sites for hydroxylation is 1.